The van der Waals surface area contributed by atoms with Crippen molar-refractivity contribution in [3.8, 4) is 5.88 Å². The summed E-state index contributed by atoms with van der Waals surface area (Å²) in [5, 5.41) is 3.50. The maximum atomic E-state index is 5.02. The summed E-state index contributed by atoms with van der Waals surface area (Å²) in [5.41, 5.74) is 1.09. The second kappa shape index (κ2) is 4.73. The zero-order valence-electron chi connectivity index (χ0n) is 10.2. The van der Waals surface area contributed by atoms with Gasteiger partial charge >= 0.3 is 0 Å². The van der Waals surface area contributed by atoms with Crippen LogP contribution in [0.5, 0.6) is 5.88 Å². The number of hydrogen-bond donors (Lipinski definition) is 1. The van der Waals surface area contributed by atoms with E-state index in [0.717, 1.165) is 17.5 Å². The van der Waals surface area contributed by atoms with Crippen LogP contribution in [-0.2, 0) is 0 Å². The van der Waals surface area contributed by atoms with Crippen LogP contribution in [0.25, 0.3) is 0 Å². The summed E-state index contributed by atoms with van der Waals surface area (Å²) in [6.45, 7) is 4.60. The van der Waals surface area contributed by atoms with Crippen molar-refractivity contribution in [3.63, 3.8) is 0 Å². The lowest BCUT2D eigenvalue weighted by Crippen LogP contribution is -2.37. The van der Waals surface area contributed by atoms with Crippen molar-refractivity contribution >= 4 is 5.69 Å². The Morgan fingerprint density at radius 1 is 1.38 bits per heavy atom. The fraction of sp³-hybridized carbons (Fsp3) is 0.615. The van der Waals surface area contributed by atoms with E-state index in [1.807, 2.05) is 18.3 Å². The molecule has 1 saturated carbocycles. The first-order chi connectivity index (χ1) is 7.69. The highest BCUT2D eigenvalue weighted by molar-refractivity contribution is 5.43. The number of hydrogen-bond acceptors (Lipinski definition) is 3. The monoisotopic (exact) mass is 220 g/mol. The lowest BCUT2D eigenvalue weighted by atomic mass is 9.73. The molecule has 0 radical (unpaired) electrons. The molecule has 1 heterocycles. The number of anilines is 1. The molecule has 2 rings (SSSR count). The lowest BCUT2D eigenvalue weighted by molar-refractivity contribution is 0.212. The van der Waals surface area contributed by atoms with Gasteiger partial charge in [-0.1, -0.05) is 13.8 Å². The van der Waals surface area contributed by atoms with E-state index in [2.05, 4.69) is 24.1 Å². The SMILES string of the molecule is COc1ccc(NC2CC(C(C)C)C2)cn1. The quantitative estimate of drug-likeness (QED) is 0.847. The standard InChI is InChI=1S/C13H20N2O/c1-9(2)10-6-12(7-10)15-11-4-5-13(16-3)14-8-11/h4-5,8-10,12,15H,6-7H2,1-3H3. The molecule has 0 unspecified atom stereocenters. The van der Waals surface area contributed by atoms with Gasteiger partial charge in [0, 0.05) is 12.1 Å². The van der Waals surface area contributed by atoms with E-state index in [1.54, 1.807) is 7.11 Å². The second-order valence-electron chi connectivity index (χ2n) is 4.91. The number of nitrogens with zero attached hydrogens (tertiary/aromatic N) is 1. The van der Waals surface area contributed by atoms with E-state index < -0.39 is 0 Å². The highest BCUT2D eigenvalue weighted by atomic mass is 16.5. The summed E-state index contributed by atoms with van der Waals surface area (Å²) in [6.07, 6.45) is 4.40. The van der Waals surface area contributed by atoms with Crippen LogP contribution >= 0.6 is 0 Å². The number of methoxy groups -OCH3 is 1. The van der Waals surface area contributed by atoms with Gasteiger partial charge in [0.25, 0.3) is 0 Å². The molecule has 16 heavy (non-hydrogen) atoms. The molecule has 1 aliphatic rings. The molecule has 1 aliphatic carbocycles. The number of aromatic nitrogens is 1. The molecular weight excluding hydrogens is 200 g/mol. The van der Waals surface area contributed by atoms with Crippen LogP contribution < -0.4 is 10.1 Å². The van der Waals surface area contributed by atoms with Crippen LogP contribution in [0.4, 0.5) is 5.69 Å². The molecule has 3 heteroatoms. The minimum absolute atomic E-state index is 0.627. The van der Waals surface area contributed by atoms with Gasteiger partial charge in [-0.2, -0.15) is 0 Å². The molecule has 0 bridgehead atoms. The zero-order valence-corrected chi connectivity index (χ0v) is 10.2. The number of nitrogens with one attached hydrogen (secondary N) is 1. The van der Waals surface area contributed by atoms with Crippen LogP contribution in [0.15, 0.2) is 18.3 Å². The molecule has 3 nitrogen and oxygen atoms in total. The van der Waals surface area contributed by atoms with Gasteiger partial charge in [0.2, 0.25) is 5.88 Å². The Kier molecular flexibility index (Phi) is 3.32. The highest BCUT2D eigenvalue weighted by Gasteiger charge is 2.30. The molecule has 88 valence electrons. The third-order valence-corrected chi connectivity index (χ3v) is 3.43. The third kappa shape index (κ3) is 2.46. The highest BCUT2D eigenvalue weighted by Crippen LogP contribution is 2.35. The molecule has 0 aliphatic heterocycles. The van der Waals surface area contributed by atoms with Crippen molar-refractivity contribution in [2.45, 2.75) is 32.7 Å². The summed E-state index contributed by atoms with van der Waals surface area (Å²) in [6, 6.07) is 4.54. The van der Waals surface area contributed by atoms with Gasteiger partial charge in [0.05, 0.1) is 19.0 Å². The smallest absolute Gasteiger partial charge is 0.213 e. The van der Waals surface area contributed by atoms with Gasteiger partial charge < -0.3 is 10.1 Å². The average Bonchev–Trinajstić information content (AvgIpc) is 2.23. The predicted molar refractivity (Wildman–Crippen MR) is 65.8 cm³/mol. The molecule has 0 amide bonds. The van der Waals surface area contributed by atoms with Crippen LogP contribution in [-0.4, -0.2) is 18.1 Å². The van der Waals surface area contributed by atoms with E-state index >= 15 is 0 Å². The second-order valence-corrected chi connectivity index (χ2v) is 4.91. The Hall–Kier alpha value is -1.25. The Balaban J connectivity index is 1.82. The molecular formula is C13H20N2O. The first-order valence-corrected chi connectivity index (χ1v) is 5.95. The van der Waals surface area contributed by atoms with Crippen LogP contribution in [0.1, 0.15) is 26.7 Å². The molecule has 0 saturated heterocycles. The Morgan fingerprint density at radius 3 is 2.62 bits per heavy atom. The summed E-state index contributed by atoms with van der Waals surface area (Å²) >= 11 is 0. The number of rotatable bonds is 4. The van der Waals surface area contributed by atoms with E-state index in [-0.39, 0.29) is 0 Å². The lowest BCUT2D eigenvalue weighted by Gasteiger charge is -2.39. The molecule has 0 atom stereocenters. The van der Waals surface area contributed by atoms with Gasteiger partial charge in [-0.05, 0) is 30.7 Å². The fourth-order valence-corrected chi connectivity index (χ4v) is 2.15. The topological polar surface area (TPSA) is 34.1 Å². The third-order valence-electron chi connectivity index (χ3n) is 3.43. The molecule has 0 spiro atoms. The average molecular weight is 220 g/mol. The van der Waals surface area contributed by atoms with Gasteiger partial charge in [-0.3, -0.25) is 0 Å². The first kappa shape index (κ1) is 11.2. The Morgan fingerprint density at radius 2 is 2.12 bits per heavy atom. The first-order valence-electron chi connectivity index (χ1n) is 5.95. The van der Waals surface area contributed by atoms with E-state index in [4.69, 9.17) is 4.74 Å². The van der Waals surface area contributed by atoms with Crippen molar-refractivity contribution in [1.29, 1.82) is 0 Å². The minimum atomic E-state index is 0.627. The summed E-state index contributed by atoms with van der Waals surface area (Å²) in [4.78, 5) is 4.18. The van der Waals surface area contributed by atoms with Crippen molar-refractivity contribution in [2.24, 2.45) is 11.8 Å². The summed E-state index contributed by atoms with van der Waals surface area (Å²) < 4.78 is 5.02. The summed E-state index contributed by atoms with van der Waals surface area (Å²) in [5.74, 6) is 2.37. The molecule has 1 N–H and O–H groups in total. The van der Waals surface area contributed by atoms with Crippen molar-refractivity contribution in [1.82, 2.24) is 4.98 Å². The maximum Gasteiger partial charge on any atom is 0.213 e. The van der Waals surface area contributed by atoms with Gasteiger partial charge in [-0.25, -0.2) is 4.98 Å². The Bertz CT molecular complexity index is 328. The fourth-order valence-electron chi connectivity index (χ4n) is 2.15. The van der Waals surface area contributed by atoms with Gasteiger partial charge in [0.15, 0.2) is 0 Å². The summed E-state index contributed by atoms with van der Waals surface area (Å²) in [7, 11) is 1.63. The molecule has 0 aromatic carbocycles. The number of ether oxygens (including phenoxy) is 1. The largest absolute Gasteiger partial charge is 0.481 e. The van der Waals surface area contributed by atoms with Crippen LogP contribution in [0.3, 0.4) is 0 Å². The predicted octanol–water partition coefficient (Wildman–Crippen LogP) is 2.94. The normalized spacial score (nSPS) is 24.0. The number of pyridine rings is 1. The van der Waals surface area contributed by atoms with E-state index in [0.29, 0.717) is 11.9 Å². The zero-order chi connectivity index (χ0) is 11.5. The van der Waals surface area contributed by atoms with E-state index in [1.165, 1.54) is 12.8 Å². The van der Waals surface area contributed by atoms with Crippen molar-refractivity contribution < 1.29 is 4.74 Å². The van der Waals surface area contributed by atoms with Gasteiger partial charge in [0.1, 0.15) is 0 Å². The minimum Gasteiger partial charge on any atom is -0.481 e. The molecule has 1 aromatic heterocycles. The maximum absolute atomic E-state index is 5.02. The molecule has 1 fully saturated rings. The Labute approximate surface area is 97.2 Å². The molecule has 1 aromatic rings. The van der Waals surface area contributed by atoms with Crippen molar-refractivity contribution in [2.75, 3.05) is 12.4 Å². The van der Waals surface area contributed by atoms with Crippen LogP contribution in [0, 0.1) is 11.8 Å². The van der Waals surface area contributed by atoms with E-state index in [9.17, 15) is 0 Å². The van der Waals surface area contributed by atoms with Crippen LogP contribution in [0.2, 0.25) is 0 Å². The van der Waals surface area contributed by atoms with Gasteiger partial charge in [-0.15, -0.1) is 0 Å². The van der Waals surface area contributed by atoms with Crippen molar-refractivity contribution in [3.05, 3.63) is 18.3 Å².